The van der Waals surface area contributed by atoms with Gasteiger partial charge < -0.3 is 25.4 Å². The molecule has 2 aromatic rings. The Balaban J connectivity index is 0.00000132. The number of carbonyl (C=O) groups is 1. The van der Waals surface area contributed by atoms with Crippen LogP contribution in [0.4, 0.5) is 5.69 Å². The summed E-state index contributed by atoms with van der Waals surface area (Å²) in [5.41, 5.74) is 6.38. The van der Waals surface area contributed by atoms with Crippen LogP contribution in [0.2, 0.25) is 0 Å². The second-order valence-corrected chi connectivity index (χ2v) is 9.56. The third-order valence-electron chi connectivity index (χ3n) is 3.22. The molecule has 0 fully saturated rings. The van der Waals surface area contributed by atoms with Gasteiger partial charge in [-0.2, -0.15) is 0 Å². The number of ether oxygens (including phenoxy) is 2. The Morgan fingerprint density at radius 3 is 2.31 bits per heavy atom. The van der Waals surface area contributed by atoms with Gasteiger partial charge in [-0.15, -0.1) is 11.3 Å². The third-order valence-corrected chi connectivity index (χ3v) is 4.41. The largest absolute Gasteiger partial charge is 0.503 e. The second kappa shape index (κ2) is 9.57. The van der Waals surface area contributed by atoms with Gasteiger partial charge in [-0.3, -0.25) is 0 Å². The van der Waals surface area contributed by atoms with Crippen molar-refractivity contribution in [1.29, 1.82) is 0 Å². The van der Waals surface area contributed by atoms with E-state index >= 15 is 0 Å². The summed E-state index contributed by atoms with van der Waals surface area (Å²) in [6, 6.07) is 7.14. The molecular formula is C22H29NO5S. The molecule has 7 heteroatoms. The van der Waals surface area contributed by atoms with Crippen LogP contribution < -0.4 is 10.5 Å². The van der Waals surface area contributed by atoms with Crippen molar-refractivity contribution in [1.82, 2.24) is 0 Å². The van der Waals surface area contributed by atoms with Crippen LogP contribution in [-0.2, 0) is 4.74 Å². The first-order chi connectivity index (χ1) is 13.3. The molecule has 0 bridgehead atoms. The molecule has 0 amide bonds. The fourth-order valence-electron chi connectivity index (χ4n) is 2.16. The van der Waals surface area contributed by atoms with E-state index in [4.69, 9.17) is 20.3 Å². The van der Waals surface area contributed by atoms with Crippen molar-refractivity contribution in [2.75, 3.05) is 12.3 Å². The number of hydrogen-bond acceptors (Lipinski definition) is 7. The number of nitrogen functional groups attached to an aromatic ring is 1. The number of esters is 1. The van der Waals surface area contributed by atoms with Gasteiger partial charge in [0.05, 0.1) is 11.5 Å². The fourth-order valence-corrected chi connectivity index (χ4v) is 3.18. The van der Waals surface area contributed by atoms with Gasteiger partial charge in [-0.05, 0) is 43.9 Å². The smallest absolute Gasteiger partial charge is 0.352 e. The first kappa shape index (κ1) is 24.2. The SMILES string of the molecule is C#CO.CC(C)(C)COc1c(C(=O)OC(C)(C)C)sc(-c2cccc(N)c2)c1O. The monoisotopic (exact) mass is 419 g/mol. The van der Waals surface area contributed by atoms with E-state index in [1.807, 2.05) is 26.8 Å². The number of carbonyl (C=O) groups excluding carboxylic acids is 1. The number of thiophene rings is 1. The van der Waals surface area contributed by atoms with Crippen molar-refractivity contribution in [3.63, 3.8) is 0 Å². The maximum Gasteiger partial charge on any atom is 0.352 e. The Hall–Kier alpha value is -2.85. The van der Waals surface area contributed by atoms with Gasteiger partial charge in [0.15, 0.2) is 16.4 Å². The van der Waals surface area contributed by atoms with E-state index in [1.165, 1.54) is 6.11 Å². The molecule has 1 aromatic carbocycles. The lowest BCUT2D eigenvalue weighted by atomic mass is 9.99. The Kier molecular flexibility index (Phi) is 7.98. The summed E-state index contributed by atoms with van der Waals surface area (Å²) in [6.45, 7) is 11.8. The van der Waals surface area contributed by atoms with E-state index in [0.717, 1.165) is 16.9 Å². The minimum Gasteiger partial charge on any atom is -0.503 e. The van der Waals surface area contributed by atoms with Gasteiger partial charge in [-0.1, -0.05) is 39.3 Å². The number of nitrogens with two attached hydrogens (primary N) is 1. The molecule has 4 N–H and O–H groups in total. The van der Waals surface area contributed by atoms with Gasteiger partial charge in [0.25, 0.3) is 0 Å². The number of aromatic hydroxyl groups is 1. The van der Waals surface area contributed by atoms with Gasteiger partial charge in [0, 0.05) is 5.69 Å². The average molecular weight is 420 g/mol. The molecule has 0 aliphatic heterocycles. The van der Waals surface area contributed by atoms with Crippen molar-refractivity contribution in [2.24, 2.45) is 5.41 Å². The predicted molar refractivity (Wildman–Crippen MR) is 117 cm³/mol. The maximum atomic E-state index is 12.6. The molecule has 0 radical (unpaired) electrons. The molecule has 0 saturated carbocycles. The van der Waals surface area contributed by atoms with Crippen LogP contribution >= 0.6 is 11.3 Å². The zero-order valence-electron chi connectivity index (χ0n) is 17.7. The summed E-state index contributed by atoms with van der Waals surface area (Å²) in [5.74, 6) is -0.417. The van der Waals surface area contributed by atoms with E-state index in [0.29, 0.717) is 17.2 Å². The minimum atomic E-state index is -0.644. The van der Waals surface area contributed by atoms with Crippen molar-refractivity contribution >= 4 is 23.0 Å². The molecule has 29 heavy (non-hydrogen) atoms. The fraction of sp³-hybridized carbons (Fsp3) is 0.409. The molecule has 0 unspecified atom stereocenters. The van der Waals surface area contributed by atoms with Gasteiger partial charge in [-0.25, -0.2) is 4.79 Å². The number of aliphatic hydroxyl groups is 1. The van der Waals surface area contributed by atoms with E-state index in [9.17, 15) is 9.90 Å². The highest BCUT2D eigenvalue weighted by Gasteiger charge is 2.29. The van der Waals surface area contributed by atoms with Gasteiger partial charge in [0.1, 0.15) is 11.7 Å². The molecular weight excluding hydrogens is 390 g/mol. The standard InChI is InChI=1S/C20H27NO4S.C2H2O/c1-19(2,3)11-24-15-14(22)16(12-8-7-9-13(21)10-12)26-17(15)18(23)25-20(4,5)6;1-2-3/h7-10,22H,11,21H2,1-6H3;1,3H. The molecule has 0 spiro atoms. The summed E-state index contributed by atoms with van der Waals surface area (Å²) in [5, 5.41) is 17.8. The molecule has 158 valence electrons. The number of terminal acetylenes is 1. The van der Waals surface area contributed by atoms with Gasteiger partial charge in [0.2, 0.25) is 0 Å². The first-order valence-corrected chi connectivity index (χ1v) is 9.78. The van der Waals surface area contributed by atoms with Crippen LogP contribution in [-0.4, -0.2) is 28.4 Å². The van der Waals surface area contributed by atoms with E-state index < -0.39 is 11.6 Å². The van der Waals surface area contributed by atoms with E-state index in [2.05, 4.69) is 6.42 Å². The summed E-state index contributed by atoms with van der Waals surface area (Å²) >= 11 is 1.14. The number of aliphatic hydroxyl groups excluding tert-OH is 1. The molecule has 0 aliphatic rings. The topological polar surface area (TPSA) is 102 Å². The number of benzene rings is 1. The second-order valence-electron chi connectivity index (χ2n) is 8.54. The van der Waals surface area contributed by atoms with Crippen LogP contribution in [0, 0.1) is 17.9 Å². The molecule has 1 aromatic heterocycles. The summed E-state index contributed by atoms with van der Waals surface area (Å²) in [7, 11) is 0. The van der Waals surface area contributed by atoms with Crippen molar-refractivity contribution in [2.45, 2.75) is 47.1 Å². The quantitative estimate of drug-likeness (QED) is 0.365. The van der Waals surface area contributed by atoms with Crippen LogP contribution in [0.25, 0.3) is 10.4 Å². The Morgan fingerprint density at radius 2 is 1.83 bits per heavy atom. The van der Waals surface area contributed by atoms with E-state index in [1.54, 1.807) is 39.0 Å². The number of rotatable bonds is 4. The summed E-state index contributed by atoms with van der Waals surface area (Å²) < 4.78 is 11.3. The molecule has 1 heterocycles. The minimum absolute atomic E-state index is 0.0642. The lowest BCUT2D eigenvalue weighted by Gasteiger charge is -2.21. The number of anilines is 1. The van der Waals surface area contributed by atoms with Crippen LogP contribution in [0.3, 0.4) is 0 Å². The average Bonchev–Trinajstić information content (AvgIpc) is 2.88. The highest BCUT2D eigenvalue weighted by Crippen LogP contribution is 2.48. The highest BCUT2D eigenvalue weighted by molar-refractivity contribution is 7.18. The lowest BCUT2D eigenvalue weighted by molar-refractivity contribution is 0.00700. The maximum absolute atomic E-state index is 12.6. The summed E-state index contributed by atoms with van der Waals surface area (Å²) in [4.78, 5) is 13.4. The molecule has 2 rings (SSSR count). The number of hydrogen-bond donors (Lipinski definition) is 3. The van der Waals surface area contributed by atoms with Crippen LogP contribution in [0.5, 0.6) is 11.5 Å². The Bertz CT molecular complexity index is 882. The Labute approximate surface area is 176 Å². The van der Waals surface area contributed by atoms with Gasteiger partial charge >= 0.3 is 5.97 Å². The molecule has 0 aliphatic carbocycles. The first-order valence-electron chi connectivity index (χ1n) is 8.96. The van der Waals surface area contributed by atoms with Crippen molar-refractivity contribution in [3.05, 3.63) is 29.1 Å². The molecule has 0 saturated heterocycles. The Morgan fingerprint density at radius 1 is 1.24 bits per heavy atom. The summed E-state index contributed by atoms with van der Waals surface area (Å²) in [6.07, 6.45) is 5.40. The molecule has 0 atom stereocenters. The highest BCUT2D eigenvalue weighted by atomic mass is 32.1. The zero-order chi connectivity index (χ0) is 22.4. The van der Waals surface area contributed by atoms with Crippen molar-refractivity contribution < 1.29 is 24.5 Å². The normalized spacial score (nSPS) is 11.1. The zero-order valence-corrected chi connectivity index (χ0v) is 18.5. The molecule has 6 nitrogen and oxygen atoms in total. The van der Waals surface area contributed by atoms with Crippen molar-refractivity contribution in [3.8, 4) is 34.5 Å². The predicted octanol–water partition coefficient (Wildman–Crippen LogP) is 5.03. The third kappa shape index (κ3) is 7.59. The van der Waals surface area contributed by atoms with E-state index in [-0.39, 0.29) is 21.8 Å². The van der Waals surface area contributed by atoms with Crippen LogP contribution in [0.15, 0.2) is 24.3 Å². The van der Waals surface area contributed by atoms with Crippen LogP contribution in [0.1, 0.15) is 51.2 Å². The lowest BCUT2D eigenvalue weighted by Crippen LogP contribution is -2.24.